The number of rotatable bonds is 3. The normalized spacial score (nSPS) is 17.2. The molecular formula is C14H21N3S. The first-order chi connectivity index (χ1) is 8.59. The zero-order chi connectivity index (χ0) is 13.1. The Balaban J connectivity index is 2.12. The van der Waals surface area contributed by atoms with E-state index in [0.29, 0.717) is 4.99 Å². The van der Waals surface area contributed by atoms with Crippen LogP contribution in [-0.4, -0.2) is 23.1 Å². The van der Waals surface area contributed by atoms with Gasteiger partial charge in [0, 0.05) is 24.8 Å². The van der Waals surface area contributed by atoms with Crippen LogP contribution < -0.4 is 10.6 Å². The lowest BCUT2D eigenvalue weighted by Crippen LogP contribution is -2.36. The summed E-state index contributed by atoms with van der Waals surface area (Å²) in [6.45, 7) is 6.77. The average Bonchev–Trinajstić information content (AvgIpc) is 2.39. The van der Waals surface area contributed by atoms with Crippen molar-refractivity contribution in [3.05, 3.63) is 24.0 Å². The molecule has 0 atom stereocenters. The zero-order valence-electron chi connectivity index (χ0n) is 11.1. The fourth-order valence-corrected chi connectivity index (χ4v) is 2.83. The molecule has 1 aliphatic rings. The minimum Gasteiger partial charge on any atom is -0.389 e. The maximum atomic E-state index is 5.77. The third-order valence-corrected chi connectivity index (χ3v) is 4.11. The molecule has 0 bridgehead atoms. The SMILES string of the molecule is CC(C)C1CCN(c2cnccc2C(N)=S)CC1. The Morgan fingerprint density at radius 2 is 2.11 bits per heavy atom. The molecule has 18 heavy (non-hydrogen) atoms. The predicted molar refractivity (Wildman–Crippen MR) is 79.9 cm³/mol. The van der Waals surface area contributed by atoms with Gasteiger partial charge in [0.1, 0.15) is 4.99 Å². The minimum absolute atomic E-state index is 0.457. The van der Waals surface area contributed by atoms with Gasteiger partial charge in [-0.25, -0.2) is 0 Å². The van der Waals surface area contributed by atoms with E-state index in [9.17, 15) is 0 Å². The quantitative estimate of drug-likeness (QED) is 0.851. The van der Waals surface area contributed by atoms with Crippen molar-refractivity contribution in [2.75, 3.05) is 18.0 Å². The van der Waals surface area contributed by atoms with E-state index in [4.69, 9.17) is 18.0 Å². The van der Waals surface area contributed by atoms with Crippen LogP contribution in [0.4, 0.5) is 5.69 Å². The summed E-state index contributed by atoms with van der Waals surface area (Å²) in [5, 5.41) is 0. The molecule has 1 aromatic rings. The van der Waals surface area contributed by atoms with Crippen molar-refractivity contribution in [1.29, 1.82) is 0 Å². The van der Waals surface area contributed by atoms with Gasteiger partial charge in [0.15, 0.2) is 0 Å². The molecule has 2 N–H and O–H groups in total. The van der Waals surface area contributed by atoms with Crippen molar-refractivity contribution in [1.82, 2.24) is 4.98 Å². The van der Waals surface area contributed by atoms with Gasteiger partial charge in [0.05, 0.1) is 11.9 Å². The lowest BCUT2D eigenvalue weighted by Gasteiger charge is -2.35. The largest absolute Gasteiger partial charge is 0.389 e. The molecule has 2 heterocycles. The molecule has 98 valence electrons. The van der Waals surface area contributed by atoms with Crippen LogP contribution >= 0.6 is 12.2 Å². The maximum Gasteiger partial charge on any atom is 0.106 e. The number of hydrogen-bond donors (Lipinski definition) is 1. The van der Waals surface area contributed by atoms with Gasteiger partial charge in [-0.3, -0.25) is 4.98 Å². The Morgan fingerprint density at radius 1 is 1.44 bits per heavy atom. The Bertz CT molecular complexity index is 423. The third kappa shape index (κ3) is 2.80. The topological polar surface area (TPSA) is 42.2 Å². The van der Waals surface area contributed by atoms with Crippen molar-refractivity contribution in [2.45, 2.75) is 26.7 Å². The summed E-state index contributed by atoms with van der Waals surface area (Å²) in [5.41, 5.74) is 7.81. The number of hydrogen-bond acceptors (Lipinski definition) is 3. The summed E-state index contributed by atoms with van der Waals surface area (Å²) < 4.78 is 0. The molecule has 0 unspecified atom stereocenters. The van der Waals surface area contributed by atoms with Crippen molar-refractivity contribution >= 4 is 22.9 Å². The molecule has 1 aliphatic heterocycles. The van der Waals surface area contributed by atoms with Crippen LogP contribution in [0.3, 0.4) is 0 Å². The van der Waals surface area contributed by atoms with Gasteiger partial charge in [-0.1, -0.05) is 26.1 Å². The number of pyridine rings is 1. The molecule has 1 fully saturated rings. The zero-order valence-corrected chi connectivity index (χ0v) is 11.9. The van der Waals surface area contributed by atoms with E-state index in [-0.39, 0.29) is 0 Å². The summed E-state index contributed by atoms with van der Waals surface area (Å²) >= 11 is 5.11. The third-order valence-electron chi connectivity index (χ3n) is 3.89. The van der Waals surface area contributed by atoms with Crippen LogP contribution in [0.25, 0.3) is 0 Å². The van der Waals surface area contributed by atoms with Gasteiger partial charge in [0.2, 0.25) is 0 Å². The van der Waals surface area contributed by atoms with Gasteiger partial charge >= 0.3 is 0 Å². The van der Waals surface area contributed by atoms with Crippen molar-refractivity contribution < 1.29 is 0 Å². The summed E-state index contributed by atoms with van der Waals surface area (Å²) in [6.07, 6.45) is 6.11. The smallest absolute Gasteiger partial charge is 0.106 e. The monoisotopic (exact) mass is 263 g/mol. The molecular weight excluding hydrogens is 242 g/mol. The van der Waals surface area contributed by atoms with Gasteiger partial charge in [-0.2, -0.15) is 0 Å². The molecule has 0 aliphatic carbocycles. The average molecular weight is 263 g/mol. The number of aromatic nitrogens is 1. The molecule has 4 heteroatoms. The fraction of sp³-hybridized carbons (Fsp3) is 0.571. The van der Waals surface area contributed by atoms with Crippen LogP contribution in [0.1, 0.15) is 32.3 Å². The van der Waals surface area contributed by atoms with Crippen LogP contribution in [0.2, 0.25) is 0 Å². The molecule has 0 aromatic carbocycles. The summed E-state index contributed by atoms with van der Waals surface area (Å²) in [7, 11) is 0. The molecule has 0 saturated carbocycles. The van der Waals surface area contributed by atoms with Crippen LogP contribution in [0.15, 0.2) is 18.5 Å². The lowest BCUT2D eigenvalue weighted by molar-refractivity contribution is 0.311. The van der Waals surface area contributed by atoms with Gasteiger partial charge in [-0.05, 0) is 30.7 Å². The molecule has 0 radical (unpaired) electrons. The maximum absolute atomic E-state index is 5.77. The van der Waals surface area contributed by atoms with E-state index in [1.54, 1.807) is 6.20 Å². The number of anilines is 1. The first-order valence-corrected chi connectivity index (χ1v) is 6.99. The van der Waals surface area contributed by atoms with Crippen molar-refractivity contribution in [2.24, 2.45) is 17.6 Å². The molecule has 3 nitrogen and oxygen atoms in total. The fourth-order valence-electron chi connectivity index (χ4n) is 2.65. The number of nitrogens with two attached hydrogens (primary N) is 1. The Kier molecular flexibility index (Phi) is 4.17. The predicted octanol–water partition coefficient (Wildman–Crippen LogP) is 2.59. The number of thiocarbonyl (C=S) groups is 1. The van der Waals surface area contributed by atoms with E-state index in [2.05, 4.69) is 23.7 Å². The van der Waals surface area contributed by atoms with Crippen molar-refractivity contribution in [3.8, 4) is 0 Å². The Morgan fingerprint density at radius 3 is 2.67 bits per heavy atom. The molecule has 2 rings (SSSR count). The molecule has 0 spiro atoms. The second-order valence-corrected chi connectivity index (χ2v) is 5.77. The van der Waals surface area contributed by atoms with E-state index in [1.165, 1.54) is 12.8 Å². The highest BCUT2D eigenvalue weighted by Crippen LogP contribution is 2.29. The van der Waals surface area contributed by atoms with Gasteiger partial charge in [-0.15, -0.1) is 0 Å². The Hall–Kier alpha value is -1.16. The van der Waals surface area contributed by atoms with E-state index in [1.807, 2.05) is 12.3 Å². The first kappa shape index (κ1) is 13.3. The number of nitrogens with zero attached hydrogens (tertiary/aromatic N) is 2. The standard InChI is InChI=1S/C14H21N3S/c1-10(2)11-4-7-17(8-5-11)13-9-16-6-3-12(13)14(15)18/h3,6,9-11H,4-5,7-8H2,1-2H3,(H2,15,18). The van der Waals surface area contributed by atoms with Crippen LogP contribution in [0.5, 0.6) is 0 Å². The lowest BCUT2D eigenvalue weighted by atomic mass is 9.86. The molecule has 1 saturated heterocycles. The Labute approximate surface area is 114 Å². The van der Waals surface area contributed by atoms with Gasteiger partial charge < -0.3 is 10.6 Å². The summed E-state index contributed by atoms with van der Waals surface area (Å²) in [4.78, 5) is 7.02. The minimum atomic E-state index is 0.457. The molecule has 0 amide bonds. The van der Waals surface area contributed by atoms with E-state index < -0.39 is 0 Å². The van der Waals surface area contributed by atoms with Gasteiger partial charge in [0.25, 0.3) is 0 Å². The highest BCUT2D eigenvalue weighted by atomic mass is 32.1. The van der Waals surface area contributed by atoms with Crippen LogP contribution in [0, 0.1) is 11.8 Å². The molecule has 1 aromatic heterocycles. The van der Waals surface area contributed by atoms with E-state index in [0.717, 1.165) is 36.2 Å². The second-order valence-electron chi connectivity index (χ2n) is 5.33. The number of piperidine rings is 1. The van der Waals surface area contributed by atoms with E-state index >= 15 is 0 Å². The highest BCUT2D eigenvalue weighted by Gasteiger charge is 2.23. The summed E-state index contributed by atoms with van der Waals surface area (Å²) in [5.74, 6) is 1.61. The summed E-state index contributed by atoms with van der Waals surface area (Å²) in [6, 6.07) is 1.91. The highest BCUT2D eigenvalue weighted by molar-refractivity contribution is 7.80. The van der Waals surface area contributed by atoms with Crippen molar-refractivity contribution in [3.63, 3.8) is 0 Å². The second kappa shape index (κ2) is 5.65. The van der Waals surface area contributed by atoms with Crippen LogP contribution in [-0.2, 0) is 0 Å². The first-order valence-electron chi connectivity index (χ1n) is 6.58.